The van der Waals surface area contributed by atoms with E-state index in [1.54, 1.807) is 24.4 Å². The second-order valence-electron chi connectivity index (χ2n) is 3.64. The van der Waals surface area contributed by atoms with Crippen molar-refractivity contribution in [2.75, 3.05) is 0 Å². The minimum atomic E-state index is 0.176. The molecule has 0 unspecified atom stereocenters. The van der Waals surface area contributed by atoms with Crippen LogP contribution in [0.2, 0.25) is 0 Å². The molecule has 1 aliphatic rings. The van der Waals surface area contributed by atoms with Crippen molar-refractivity contribution in [1.29, 1.82) is 0 Å². The van der Waals surface area contributed by atoms with Gasteiger partial charge >= 0.3 is 0 Å². The van der Waals surface area contributed by atoms with Crippen LogP contribution in [0.3, 0.4) is 0 Å². The Balaban J connectivity index is 0.000000138. The molecule has 2 heterocycles. The number of allylic oxidation sites excluding steroid dienone is 4. The second kappa shape index (κ2) is 6.25. The zero-order valence-corrected chi connectivity index (χ0v) is 9.82. The average Bonchev–Trinajstić information content (AvgIpc) is 2.67. The molecule has 18 heavy (non-hydrogen) atoms. The molecule has 2 aromatic rings. The van der Waals surface area contributed by atoms with Crippen LogP contribution in [-0.4, -0.2) is 10.1 Å². The molecule has 3 rings (SSSR count). The third-order valence-electron chi connectivity index (χ3n) is 2.32. The van der Waals surface area contributed by atoms with Gasteiger partial charge in [0.2, 0.25) is 0 Å². The molecule has 0 aliphatic carbocycles. The van der Waals surface area contributed by atoms with Gasteiger partial charge in [-0.15, -0.1) is 0 Å². The summed E-state index contributed by atoms with van der Waals surface area (Å²) in [7, 11) is 0. The van der Waals surface area contributed by atoms with Gasteiger partial charge in [0.25, 0.3) is 0 Å². The Bertz CT molecular complexity index is 535. The SMILES string of the molecule is OC1=CC=CC=CN1.c1ccc2ncccc2c1. The Morgan fingerprint density at radius 3 is 2.67 bits per heavy atom. The molecule has 0 atom stereocenters. The van der Waals surface area contributed by atoms with E-state index < -0.39 is 0 Å². The number of rotatable bonds is 0. The molecule has 2 N–H and O–H groups in total. The summed E-state index contributed by atoms with van der Waals surface area (Å²) in [5.74, 6) is 0.176. The molecule has 0 saturated carbocycles. The molecular formula is C15H14N2O. The Morgan fingerprint density at radius 2 is 1.78 bits per heavy atom. The van der Waals surface area contributed by atoms with E-state index in [1.165, 1.54) is 5.39 Å². The molecular weight excluding hydrogens is 224 g/mol. The summed E-state index contributed by atoms with van der Waals surface area (Å²) in [4.78, 5) is 4.18. The fourth-order valence-electron chi connectivity index (χ4n) is 1.46. The van der Waals surface area contributed by atoms with Crippen LogP contribution in [0.5, 0.6) is 0 Å². The molecule has 90 valence electrons. The van der Waals surface area contributed by atoms with E-state index in [1.807, 2.05) is 36.5 Å². The number of nitrogens with zero attached hydrogens (tertiary/aromatic N) is 1. The van der Waals surface area contributed by atoms with Crippen molar-refractivity contribution in [3.63, 3.8) is 0 Å². The van der Waals surface area contributed by atoms with Crippen LogP contribution < -0.4 is 5.32 Å². The zero-order chi connectivity index (χ0) is 12.6. The van der Waals surface area contributed by atoms with Crippen molar-refractivity contribution >= 4 is 10.9 Å². The van der Waals surface area contributed by atoms with Crippen molar-refractivity contribution in [3.05, 3.63) is 79.0 Å². The largest absolute Gasteiger partial charge is 0.495 e. The number of fused-ring (bicyclic) bond motifs is 1. The van der Waals surface area contributed by atoms with Crippen molar-refractivity contribution in [2.45, 2.75) is 0 Å². The lowest BCUT2D eigenvalue weighted by molar-refractivity contribution is 0.383. The van der Waals surface area contributed by atoms with Crippen molar-refractivity contribution < 1.29 is 5.11 Å². The minimum absolute atomic E-state index is 0.176. The van der Waals surface area contributed by atoms with E-state index in [4.69, 9.17) is 5.11 Å². The Morgan fingerprint density at radius 1 is 0.944 bits per heavy atom. The molecule has 0 fully saturated rings. The lowest BCUT2D eigenvalue weighted by atomic mass is 10.2. The normalized spacial score (nSPS) is 13.0. The monoisotopic (exact) mass is 238 g/mol. The average molecular weight is 238 g/mol. The highest BCUT2D eigenvalue weighted by Gasteiger charge is 1.86. The van der Waals surface area contributed by atoms with Crippen LogP contribution in [0.15, 0.2) is 79.0 Å². The maximum absolute atomic E-state index is 8.74. The second-order valence-corrected chi connectivity index (χ2v) is 3.64. The maximum Gasteiger partial charge on any atom is 0.188 e. The zero-order valence-electron chi connectivity index (χ0n) is 9.82. The van der Waals surface area contributed by atoms with Crippen LogP contribution in [0, 0.1) is 0 Å². The van der Waals surface area contributed by atoms with Crippen LogP contribution in [0.1, 0.15) is 0 Å². The topological polar surface area (TPSA) is 45.1 Å². The van der Waals surface area contributed by atoms with Gasteiger partial charge in [-0.2, -0.15) is 0 Å². The molecule has 0 saturated heterocycles. The number of para-hydroxylation sites is 1. The quantitative estimate of drug-likeness (QED) is 0.740. The van der Waals surface area contributed by atoms with Crippen LogP contribution in [0.4, 0.5) is 0 Å². The first kappa shape index (κ1) is 11.9. The fourth-order valence-corrected chi connectivity index (χ4v) is 1.46. The molecule has 1 aromatic carbocycles. The van der Waals surface area contributed by atoms with Gasteiger partial charge in [-0.05, 0) is 24.3 Å². The van der Waals surface area contributed by atoms with E-state index >= 15 is 0 Å². The predicted octanol–water partition coefficient (Wildman–Crippen LogP) is 3.29. The number of aliphatic hydroxyl groups excluding tert-OH is 1. The molecule has 3 heteroatoms. The highest BCUT2D eigenvalue weighted by molar-refractivity contribution is 5.77. The van der Waals surface area contributed by atoms with Crippen LogP contribution >= 0.6 is 0 Å². The molecule has 1 aliphatic heterocycles. The lowest BCUT2D eigenvalue weighted by Crippen LogP contribution is -2.01. The highest BCUT2D eigenvalue weighted by atomic mass is 16.3. The molecule has 0 radical (unpaired) electrons. The number of pyridine rings is 1. The van der Waals surface area contributed by atoms with Gasteiger partial charge in [-0.1, -0.05) is 36.4 Å². The van der Waals surface area contributed by atoms with Gasteiger partial charge in [0, 0.05) is 17.8 Å². The Hall–Kier alpha value is -2.55. The summed E-state index contributed by atoms with van der Waals surface area (Å²) in [6.45, 7) is 0. The first-order chi connectivity index (χ1) is 8.86. The fraction of sp³-hybridized carbons (Fsp3) is 0. The molecule has 0 bridgehead atoms. The third kappa shape index (κ3) is 3.49. The summed E-state index contributed by atoms with van der Waals surface area (Å²) in [5.41, 5.74) is 1.06. The first-order valence-corrected chi connectivity index (χ1v) is 5.65. The number of hydrogen-bond donors (Lipinski definition) is 2. The van der Waals surface area contributed by atoms with Gasteiger partial charge < -0.3 is 10.4 Å². The summed E-state index contributed by atoms with van der Waals surface area (Å²) in [5, 5.41) is 12.6. The van der Waals surface area contributed by atoms with Gasteiger partial charge in [0.05, 0.1) is 5.52 Å². The lowest BCUT2D eigenvalue weighted by Gasteiger charge is -1.91. The summed E-state index contributed by atoms with van der Waals surface area (Å²) < 4.78 is 0. The molecule has 0 spiro atoms. The predicted molar refractivity (Wildman–Crippen MR) is 73.9 cm³/mol. The van der Waals surface area contributed by atoms with Gasteiger partial charge in [0.1, 0.15) is 0 Å². The van der Waals surface area contributed by atoms with E-state index in [9.17, 15) is 0 Å². The minimum Gasteiger partial charge on any atom is -0.495 e. The highest BCUT2D eigenvalue weighted by Crippen LogP contribution is 2.07. The number of aliphatic hydroxyl groups is 1. The maximum atomic E-state index is 8.74. The summed E-state index contributed by atoms with van der Waals surface area (Å²) in [6, 6.07) is 12.1. The van der Waals surface area contributed by atoms with Gasteiger partial charge in [0.15, 0.2) is 5.88 Å². The standard InChI is InChI=1S/C9H7N.C6H7NO/c1-2-6-9-8(4-1)5-3-7-10-9;8-6-4-2-1-3-5-7-6/h1-7H;1-5,7-8H. The number of nitrogens with one attached hydrogen (secondary N) is 1. The molecule has 1 aromatic heterocycles. The number of benzene rings is 1. The van der Waals surface area contributed by atoms with Crippen LogP contribution in [0.25, 0.3) is 10.9 Å². The first-order valence-electron chi connectivity index (χ1n) is 5.65. The number of hydrogen-bond acceptors (Lipinski definition) is 3. The molecule has 0 amide bonds. The summed E-state index contributed by atoms with van der Waals surface area (Å²) in [6.07, 6.45) is 10.4. The van der Waals surface area contributed by atoms with E-state index in [2.05, 4.69) is 22.4 Å². The summed E-state index contributed by atoms with van der Waals surface area (Å²) >= 11 is 0. The van der Waals surface area contributed by atoms with E-state index in [0.717, 1.165) is 5.52 Å². The smallest absolute Gasteiger partial charge is 0.188 e. The van der Waals surface area contributed by atoms with Gasteiger partial charge in [-0.3, -0.25) is 4.98 Å². The van der Waals surface area contributed by atoms with Crippen molar-refractivity contribution in [3.8, 4) is 0 Å². The molecule has 3 nitrogen and oxygen atoms in total. The van der Waals surface area contributed by atoms with Crippen LogP contribution in [-0.2, 0) is 0 Å². The third-order valence-corrected chi connectivity index (χ3v) is 2.32. The Kier molecular flexibility index (Phi) is 4.14. The number of aromatic nitrogens is 1. The van der Waals surface area contributed by atoms with E-state index in [0.29, 0.717) is 0 Å². The van der Waals surface area contributed by atoms with Gasteiger partial charge in [-0.25, -0.2) is 0 Å². The van der Waals surface area contributed by atoms with Crippen molar-refractivity contribution in [1.82, 2.24) is 10.3 Å². The Labute approximate surface area is 106 Å². The van der Waals surface area contributed by atoms with Crippen molar-refractivity contribution in [2.24, 2.45) is 0 Å². The van der Waals surface area contributed by atoms with E-state index in [-0.39, 0.29) is 5.88 Å².